The molecule has 0 aliphatic heterocycles. The molecule has 0 aliphatic rings. The number of rotatable bonds is 5. The Morgan fingerprint density at radius 3 is 1.10 bits per heavy atom. The van der Waals surface area contributed by atoms with E-state index in [0.717, 1.165) is 23.7 Å². The molecule has 0 spiro atoms. The summed E-state index contributed by atoms with van der Waals surface area (Å²) in [4.78, 5) is 0. The molecule has 0 heteroatoms. The molecule has 0 aromatic carbocycles. The van der Waals surface area contributed by atoms with Crippen molar-refractivity contribution in [1.82, 2.24) is 0 Å². The van der Waals surface area contributed by atoms with E-state index in [4.69, 9.17) is 0 Å². The van der Waals surface area contributed by atoms with Crippen molar-refractivity contribution in [2.24, 2.45) is 23.7 Å². The van der Waals surface area contributed by atoms with Gasteiger partial charge in [0.2, 0.25) is 0 Å². The molecule has 20 heavy (non-hydrogen) atoms. The van der Waals surface area contributed by atoms with Gasteiger partial charge in [0.05, 0.1) is 0 Å². The van der Waals surface area contributed by atoms with Crippen molar-refractivity contribution in [3.8, 4) is 0 Å². The first-order valence-electron chi connectivity index (χ1n) is 9.17. The van der Waals surface area contributed by atoms with Crippen LogP contribution in [0.2, 0.25) is 0 Å². The lowest BCUT2D eigenvalue weighted by Gasteiger charge is -2.14. The van der Waals surface area contributed by atoms with Crippen LogP contribution in [0.4, 0.5) is 0 Å². The Balaban J connectivity index is -0.000000118. The molecule has 0 saturated carbocycles. The number of hydrogen-bond donors (Lipinski definition) is 0. The van der Waals surface area contributed by atoms with Crippen LogP contribution in [0, 0.1) is 23.7 Å². The van der Waals surface area contributed by atoms with Crippen LogP contribution in [0.3, 0.4) is 0 Å². The Hall–Kier alpha value is 0. The minimum Gasteiger partial charge on any atom is -0.0683 e. The van der Waals surface area contributed by atoms with Crippen LogP contribution >= 0.6 is 0 Å². The molecule has 0 nitrogen and oxygen atoms in total. The van der Waals surface area contributed by atoms with Crippen molar-refractivity contribution in [3.05, 3.63) is 0 Å². The minimum atomic E-state index is 0.833. The van der Waals surface area contributed by atoms with Gasteiger partial charge in [0.15, 0.2) is 0 Å². The largest absolute Gasteiger partial charge is 0.0683 e. The Morgan fingerprint density at radius 2 is 0.900 bits per heavy atom. The van der Waals surface area contributed by atoms with Crippen molar-refractivity contribution >= 4 is 0 Å². The van der Waals surface area contributed by atoms with Gasteiger partial charge in [-0.2, -0.15) is 0 Å². The first kappa shape index (κ1) is 28.2. The lowest BCUT2D eigenvalue weighted by Crippen LogP contribution is -2.01. The molecule has 1 unspecified atom stereocenters. The van der Waals surface area contributed by atoms with Gasteiger partial charge in [0.25, 0.3) is 0 Å². The predicted octanol–water partition coefficient (Wildman–Crippen LogP) is 8.21. The van der Waals surface area contributed by atoms with Crippen LogP contribution in [-0.4, -0.2) is 0 Å². The quantitative estimate of drug-likeness (QED) is 0.478. The molecular weight excluding hydrogens is 240 g/mol. The summed E-state index contributed by atoms with van der Waals surface area (Å²) in [5.41, 5.74) is 0. The summed E-state index contributed by atoms with van der Waals surface area (Å²) in [6.45, 7) is 26.4. The van der Waals surface area contributed by atoms with E-state index in [0.29, 0.717) is 0 Å². The van der Waals surface area contributed by atoms with E-state index in [9.17, 15) is 0 Å². The summed E-state index contributed by atoms with van der Waals surface area (Å²) < 4.78 is 0. The van der Waals surface area contributed by atoms with Gasteiger partial charge in [-0.15, -0.1) is 0 Å². The summed E-state index contributed by atoms with van der Waals surface area (Å²) >= 11 is 0. The van der Waals surface area contributed by atoms with Gasteiger partial charge >= 0.3 is 0 Å². The Kier molecular flexibility index (Phi) is 33.9. The third kappa shape index (κ3) is 64.2. The molecule has 128 valence electrons. The monoisotopic (exact) mass is 288 g/mol. The Labute approximate surface area is 133 Å². The third-order valence-corrected chi connectivity index (χ3v) is 2.11. The van der Waals surface area contributed by atoms with Gasteiger partial charge in [-0.25, -0.2) is 0 Å². The molecule has 0 bridgehead atoms. The Bertz CT molecular complexity index is 119. The molecule has 0 heterocycles. The van der Waals surface area contributed by atoms with Gasteiger partial charge in [-0.3, -0.25) is 0 Å². The molecule has 0 aromatic heterocycles. The zero-order chi connectivity index (χ0) is 17.1. The highest BCUT2D eigenvalue weighted by molar-refractivity contribution is 4.57. The zero-order valence-electron chi connectivity index (χ0n) is 17.1. The first-order valence-corrected chi connectivity index (χ1v) is 9.17. The molecule has 0 fully saturated rings. The highest BCUT2D eigenvalue weighted by Crippen LogP contribution is 2.18. The first-order chi connectivity index (χ1) is 9.17. The molecule has 1 atom stereocenters. The van der Waals surface area contributed by atoms with Crippen LogP contribution in [0.25, 0.3) is 0 Å². The van der Waals surface area contributed by atoms with Crippen LogP contribution in [0.15, 0.2) is 0 Å². The van der Waals surface area contributed by atoms with Crippen molar-refractivity contribution < 1.29 is 0 Å². The van der Waals surface area contributed by atoms with Gasteiger partial charge < -0.3 is 0 Å². The molecular formula is C20H48. The summed E-state index contributed by atoms with van der Waals surface area (Å²) in [6.07, 6.45) is 5.45. The van der Waals surface area contributed by atoms with Crippen LogP contribution in [-0.2, 0) is 0 Å². The second kappa shape index (κ2) is 24.0. The highest BCUT2D eigenvalue weighted by atomic mass is 14.1. The van der Waals surface area contributed by atoms with Crippen molar-refractivity contribution in [2.45, 2.75) is 109 Å². The zero-order valence-corrected chi connectivity index (χ0v) is 17.1. The van der Waals surface area contributed by atoms with Crippen LogP contribution in [0.1, 0.15) is 109 Å². The SMILES string of the molecule is CC.CC(C)C.CC(C)CCC(C)CC(C)C.CCC. The van der Waals surface area contributed by atoms with E-state index in [1.807, 2.05) is 13.8 Å². The molecule has 0 saturated heterocycles. The normalized spacial score (nSPS) is 10.9. The molecule has 0 radical (unpaired) electrons. The predicted molar refractivity (Wildman–Crippen MR) is 101 cm³/mol. The maximum Gasteiger partial charge on any atom is -0.0440 e. The fourth-order valence-electron chi connectivity index (χ4n) is 1.54. The third-order valence-electron chi connectivity index (χ3n) is 2.11. The molecule has 0 aliphatic carbocycles. The lowest BCUT2D eigenvalue weighted by molar-refractivity contribution is 0.381. The van der Waals surface area contributed by atoms with E-state index >= 15 is 0 Å². The summed E-state index contributed by atoms with van der Waals surface area (Å²) in [5, 5.41) is 0. The van der Waals surface area contributed by atoms with Crippen molar-refractivity contribution in [2.75, 3.05) is 0 Å². The topological polar surface area (TPSA) is 0 Å². The van der Waals surface area contributed by atoms with Crippen LogP contribution < -0.4 is 0 Å². The molecule has 0 rings (SSSR count). The fourth-order valence-corrected chi connectivity index (χ4v) is 1.54. The maximum atomic E-state index is 2.38. The van der Waals surface area contributed by atoms with Gasteiger partial charge in [-0.1, -0.05) is 102 Å². The van der Waals surface area contributed by atoms with Gasteiger partial charge in [0, 0.05) is 0 Å². The van der Waals surface area contributed by atoms with Crippen molar-refractivity contribution in [1.29, 1.82) is 0 Å². The Morgan fingerprint density at radius 1 is 0.600 bits per heavy atom. The van der Waals surface area contributed by atoms with Gasteiger partial charge in [0.1, 0.15) is 0 Å². The smallest absolute Gasteiger partial charge is 0.0440 e. The highest BCUT2D eigenvalue weighted by Gasteiger charge is 2.05. The second-order valence-electron chi connectivity index (χ2n) is 7.15. The molecule has 0 aromatic rings. The van der Waals surface area contributed by atoms with E-state index in [2.05, 4.69) is 69.2 Å². The standard InChI is InChI=1S/C11H24.C4H10.C3H8.C2H6/c1-9(2)6-7-11(5)8-10(3)4;1-4(2)3;1-3-2;1-2/h9-11H,6-8H2,1-5H3;4H,1-3H3;3H2,1-2H3;1-2H3. The fraction of sp³-hybridized carbons (Fsp3) is 1.00. The summed E-state index contributed by atoms with van der Waals surface area (Å²) in [6, 6.07) is 0. The summed E-state index contributed by atoms with van der Waals surface area (Å²) in [7, 11) is 0. The van der Waals surface area contributed by atoms with E-state index in [-0.39, 0.29) is 0 Å². The van der Waals surface area contributed by atoms with Gasteiger partial charge in [-0.05, 0) is 30.1 Å². The maximum absolute atomic E-state index is 2.38. The molecule has 0 amide bonds. The lowest BCUT2D eigenvalue weighted by atomic mass is 9.92. The minimum absolute atomic E-state index is 0.833. The molecule has 0 N–H and O–H groups in total. The second-order valence-corrected chi connectivity index (χ2v) is 7.15. The van der Waals surface area contributed by atoms with Crippen LogP contribution in [0.5, 0.6) is 0 Å². The average molecular weight is 289 g/mol. The van der Waals surface area contributed by atoms with Crippen molar-refractivity contribution in [3.63, 3.8) is 0 Å². The van der Waals surface area contributed by atoms with E-state index in [1.165, 1.54) is 25.7 Å². The van der Waals surface area contributed by atoms with E-state index in [1.54, 1.807) is 0 Å². The van der Waals surface area contributed by atoms with E-state index < -0.39 is 0 Å². The average Bonchev–Trinajstić information content (AvgIpc) is 2.28. The summed E-state index contributed by atoms with van der Waals surface area (Å²) in [5.74, 6) is 3.51. The number of hydrogen-bond acceptors (Lipinski definition) is 0.